The van der Waals surface area contributed by atoms with Crippen LogP contribution in [0.15, 0.2) is 17.0 Å². The second kappa shape index (κ2) is 7.77. The quantitative estimate of drug-likeness (QED) is 0.720. The van der Waals surface area contributed by atoms with Crippen LogP contribution >= 0.6 is 0 Å². The SMILES string of the molecule is CCOC(C)CNS(=O)(=O)c1cc(CC)cc(N)c1CC. The van der Waals surface area contributed by atoms with Crippen LogP contribution in [0.25, 0.3) is 0 Å². The van der Waals surface area contributed by atoms with E-state index in [1.807, 2.05) is 33.8 Å². The second-order valence-corrected chi connectivity index (χ2v) is 6.72. The molecular formula is C15H26N2O3S. The predicted molar refractivity (Wildman–Crippen MR) is 85.9 cm³/mol. The number of ether oxygens (including phenoxy) is 1. The van der Waals surface area contributed by atoms with Crippen molar-refractivity contribution in [1.29, 1.82) is 0 Å². The number of rotatable bonds is 8. The Balaban J connectivity index is 3.09. The Morgan fingerprint density at radius 2 is 1.90 bits per heavy atom. The molecule has 21 heavy (non-hydrogen) atoms. The van der Waals surface area contributed by atoms with E-state index in [1.54, 1.807) is 6.07 Å². The van der Waals surface area contributed by atoms with Crippen LogP contribution < -0.4 is 10.5 Å². The van der Waals surface area contributed by atoms with Crippen molar-refractivity contribution in [2.75, 3.05) is 18.9 Å². The lowest BCUT2D eigenvalue weighted by Crippen LogP contribution is -2.33. The number of nitrogens with one attached hydrogen (secondary N) is 1. The zero-order valence-corrected chi connectivity index (χ0v) is 14.1. The van der Waals surface area contributed by atoms with E-state index < -0.39 is 10.0 Å². The Bertz CT molecular complexity index is 571. The van der Waals surface area contributed by atoms with Gasteiger partial charge in [0, 0.05) is 18.8 Å². The van der Waals surface area contributed by atoms with Crippen LogP contribution in [0.5, 0.6) is 0 Å². The average Bonchev–Trinajstić information content (AvgIpc) is 2.44. The molecule has 1 unspecified atom stereocenters. The van der Waals surface area contributed by atoms with Crippen molar-refractivity contribution in [3.05, 3.63) is 23.3 Å². The van der Waals surface area contributed by atoms with Gasteiger partial charge in [-0.15, -0.1) is 0 Å². The summed E-state index contributed by atoms with van der Waals surface area (Å²) in [5, 5.41) is 0. The zero-order valence-electron chi connectivity index (χ0n) is 13.3. The molecule has 3 N–H and O–H groups in total. The molecule has 0 heterocycles. The third-order valence-corrected chi connectivity index (χ3v) is 4.86. The fourth-order valence-electron chi connectivity index (χ4n) is 2.20. The summed E-state index contributed by atoms with van der Waals surface area (Å²) in [6, 6.07) is 3.56. The largest absolute Gasteiger partial charge is 0.398 e. The minimum atomic E-state index is -3.58. The molecule has 0 fully saturated rings. The number of hydrogen-bond donors (Lipinski definition) is 2. The maximum Gasteiger partial charge on any atom is 0.241 e. The highest BCUT2D eigenvalue weighted by molar-refractivity contribution is 7.89. The highest BCUT2D eigenvalue weighted by Gasteiger charge is 2.21. The van der Waals surface area contributed by atoms with Crippen molar-refractivity contribution in [2.24, 2.45) is 0 Å². The summed E-state index contributed by atoms with van der Waals surface area (Å²) in [5.74, 6) is 0. The Morgan fingerprint density at radius 3 is 2.43 bits per heavy atom. The van der Waals surface area contributed by atoms with Gasteiger partial charge in [0.25, 0.3) is 0 Å². The van der Waals surface area contributed by atoms with Gasteiger partial charge in [0.1, 0.15) is 0 Å². The Hall–Kier alpha value is -1.11. The minimum absolute atomic E-state index is 0.165. The lowest BCUT2D eigenvalue weighted by molar-refractivity contribution is 0.0799. The number of sulfonamides is 1. The van der Waals surface area contributed by atoms with E-state index >= 15 is 0 Å². The van der Waals surface area contributed by atoms with Gasteiger partial charge in [0.15, 0.2) is 0 Å². The molecule has 0 amide bonds. The summed E-state index contributed by atoms with van der Waals surface area (Å²) >= 11 is 0. The molecule has 0 aliphatic rings. The maximum absolute atomic E-state index is 12.5. The first-order valence-electron chi connectivity index (χ1n) is 7.38. The van der Waals surface area contributed by atoms with Gasteiger partial charge >= 0.3 is 0 Å². The van der Waals surface area contributed by atoms with Crippen LogP contribution in [-0.2, 0) is 27.6 Å². The van der Waals surface area contributed by atoms with E-state index in [0.717, 1.165) is 12.0 Å². The summed E-state index contributed by atoms with van der Waals surface area (Å²) in [6.45, 7) is 8.40. The van der Waals surface area contributed by atoms with Gasteiger partial charge in [0.2, 0.25) is 10.0 Å². The van der Waals surface area contributed by atoms with Gasteiger partial charge in [-0.2, -0.15) is 0 Å². The molecular weight excluding hydrogens is 288 g/mol. The first-order valence-corrected chi connectivity index (χ1v) is 8.86. The normalized spacial score (nSPS) is 13.3. The monoisotopic (exact) mass is 314 g/mol. The van der Waals surface area contributed by atoms with Gasteiger partial charge < -0.3 is 10.5 Å². The van der Waals surface area contributed by atoms with E-state index in [0.29, 0.717) is 24.3 Å². The predicted octanol–water partition coefficient (Wildman–Crippen LogP) is 2.10. The number of hydrogen-bond acceptors (Lipinski definition) is 4. The molecule has 1 rings (SSSR count). The first kappa shape index (κ1) is 17.9. The smallest absolute Gasteiger partial charge is 0.241 e. The number of nitrogens with two attached hydrogens (primary N) is 1. The Kier molecular flexibility index (Phi) is 6.64. The molecule has 1 atom stereocenters. The third kappa shape index (κ3) is 4.69. The fourth-order valence-corrected chi connectivity index (χ4v) is 3.70. The third-order valence-electron chi connectivity index (χ3n) is 3.37. The molecule has 0 aliphatic heterocycles. The van der Waals surface area contributed by atoms with Crippen molar-refractivity contribution in [2.45, 2.75) is 51.5 Å². The second-order valence-electron chi connectivity index (χ2n) is 4.99. The maximum atomic E-state index is 12.5. The topological polar surface area (TPSA) is 81.4 Å². The molecule has 0 saturated heterocycles. The molecule has 1 aromatic rings. The fraction of sp³-hybridized carbons (Fsp3) is 0.600. The van der Waals surface area contributed by atoms with Crippen LogP contribution in [0.2, 0.25) is 0 Å². The number of aryl methyl sites for hydroxylation is 1. The van der Waals surface area contributed by atoms with Crippen molar-refractivity contribution in [3.63, 3.8) is 0 Å². The molecule has 0 saturated carbocycles. The Morgan fingerprint density at radius 1 is 1.24 bits per heavy atom. The van der Waals surface area contributed by atoms with Gasteiger partial charge in [-0.1, -0.05) is 13.8 Å². The van der Waals surface area contributed by atoms with Crippen LogP contribution in [-0.4, -0.2) is 27.7 Å². The molecule has 0 spiro atoms. The van der Waals surface area contributed by atoms with Gasteiger partial charge in [-0.25, -0.2) is 13.1 Å². The standard InChI is InChI=1S/C15H26N2O3S/c1-5-12-8-14(16)13(6-2)15(9-12)21(18,19)17-10-11(4)20-7-3/h8-9,11,17H,5-7,10,16H2,1-4H3. The van der Waals surface area contributed by atoms with Gasteiger partial charge in [-0.05, 0) is 49.9 Å². The molecule has 0 bridgehead atoms. The molecule has 0 aliphatic carbocycles. The lowest BCUT2D eigenvalue weighted by Gasteiger charge is -2.16. The average molecular weight is 314 g/mol. The van der Waals surface area contributed by atoms with E-state index in [-0.39, 0.29) is 17.5 Å². The summed E-state index contributed by atoms with van der Waals surface area (Å²) in [4.78, 5) is 0.283. The van der Waals surface area contributed by atoms with Crippen LogP contribution in [0.4, 0.5) is 5.69 Å². The minimum Gasteiger partial charge on any atom is -0.398 e. The van der Waals surface area contributed by atoms with E-state index in [1.165, 1.54) is 0 Å². The van der Waals surface area contributed by atoms with Crippen LogP contribution in [0.3, 0.4) is 0 Å². The van der Waals surface area contributed by atoms with E-state index in [9.17, 15) is 8.42 Å². The Labute approximate surface area is 127 Å². The highest BCUT2D eigenvalue weighted by Crippen LogP contribution is 2.25. The zero-order chi connectivity index (χ0) is 16.0. The number of benzene rings is 1. The van der Waals surface area contributed by atoms with Crippen molar-refractivity contribution in [1.82, 2.24) is 4.72 Å². The van der Waals surface area contributed by atoms with Gasteiger partial charge in [0.05, 0.1) is 11.0 Å². The van der Waals surface area contributed by atoms with Crippen LogP contribution in [0.1, 0.15) is 38.8 Å². The van der Waals surface area contributed by atoms with Crippen molar-refractivity contribution < 1.29 is 13.2 Å². The molecule has 1 aromatic carbocycles. The lowest BCUT2D eigenvalue weighted by atomic mass is 10.1. The van der Waals surface area contributed by atoms with Gasteiger partial charge in [-0.3, -0.25) is 0 Å². The summed E-state index contributed by atoms with van der Waals surface area (Å²) < 4.78 is 33.0. The summed E-state index contributed by atoms with van der Waals surface area (Å²) in [6.07, 6.45) is 1.15. The number of anilines is 1. The van der Waals surface area contributed by atoms with E-state index in [2.05, 4.69) is 4.72 Å². The first-order chi connectivity index (χ1) is 9.85. The van der Waals surface area contributed by atoms with Crippen molar-refractivity contribution >= 4 is 15.7 Å². The molecule has 5 nitrogen and oxygen atoms in total. The van der Waals surface area contributed by atoms with E-state index in [4.69, 9.17) is 10.5 Å². The summed E-state index contributed by atoms with van der Waals surface area (Å²) in [7, 11) is -3.58. The molecule has 120 valence electrons. The van der Waals surface area contributed by atoms with Crippen molar-refractivity contribution in [3.8, 4) is 0 Å². The summed E-state index contributed by atoms with van der Waals surface area (Å²) in [5.41, 5.74) is 8.12. The number of nitrogen functional groups attached to an aromatic ring is 1. The molecule has 0 aromatic heterocycles. The highest BCUT2D eigenvalue weighted by atomic mass is 32.2. The molecule has 6 heteroatoms. The molecule has 0 radical (unpaired) electrons. The van der Waals surface area contributed by atoms with Crippen LogP contribution in [0, 0.1) is 0 Å².